The highest BCUT2D eigenvalue weighted by atomic mass is 32.2. The minimum absolute atomic E-state index is 0.219. The molecule has 0 unspecified atom stereocenters. The molecule has 0 aliphatic carbocycles. The smallest absolute Gasteiger partial charge is 0.262 e. The summed E-state index contributed by atoms with van der Waals surface area (Å²) in [6.07, 6.45) is 1.56. The minimum Gasteiger partial charge on any atom is -0.399 e. The van der Waals surface area contributed by atoms with Crippen LogP contribution >= 0.6 is 0 Å². The zero-order valence-corrected chi connectivity index (χ0v) is 11.5. The molecule has 1 aromatic heterocycles. The molecule has 3 N–H and O–H groups in total. The van der Waals surface area contributed by atoms with Crippen molar-refractivity contribution < 1.29 is 8.42 Å². The number of nitrogens with two attached hydrogens (primary N) is 1. The Labute approximate surface area is 112 Å². The van der Waals surface area contributed by atoms with Gasteiger partial charge in [0.25, 0.3) is 10.0 Å². The first-order valence-corrected chi connectivity index (χ1v) is 7.18. The summed E-state index contributed by atoms with van der Waals surface area (Å²) in [5.74, 6) is 0. The molecule has 0 spiro atoms. The maximum absolute atomic E-state index is 12.3. The van der Waals surface area contributed by atoms with Gasteiger partial charge in [-0.2, -0.15) is 0 Å². The van der Waals surface area contributed by atoms with Gasteiger partial charge in [0.2, 0.25) is 0 Å². The Bertz CT molecular complexity index is 712. The van der Waals surface area contributed by atoms with E-state index < -0.39 is 10.0 Å². The maximum Gasteiger partial charge on any atom is 0.262 e. The molecule has 2 rings (SSSR count). The van der Waals surface area contributed by atoms with Gasteiger partial charge in [-0.05, 0) is 49.7 Å². The molecular formula is C13H15N3O2S. The van der Waals surface area contributed by atoms with E-state index in [-0.39, 0.29) is 4.90 Å². The molecule has 100 valence electrons. The van der Waals surface area contributed by atoms with Gasteiger partial charge in [-0.15, -0.1) is 0 Å². The first-order valence-electron chi connectivity index (χ1n) is 5.70. The summed E-state index contributed by atoms with van der Waals surface area (Å²) in [4.78, 5) is 4.24. The van der Waals surface area contributed by atoms with Crippen LogP contribution in [0, 0.1) is 13.8 Å². The number of sulfonamides is 1. The summed E-state index contributed by atoms with van der Waals surface area (Å²) in [5.41, 5.74) is 8.00. The van der Waals surface area contributed by atoms with E-state index in [0.29, 0.717) is 16.9 Å². The third-order valence-electron chi connectivity index (χ3n) is 2.64. The molecule has 0 atom stereocenters. The number of benzene rings is 1. The van der Waals surface area contributed by atoms with Crippen LogP contribution in [0.1, 0.15) is 11.3 Å². The summed E-state index contributed by atoms with van der Waals surface area (Å²) in [5, 5.41) is 0. The first-order chi connectivity index (χ1) is 8.88. The fraction of sp³-hybridized carbons (Fsp3) is 0.154. The fourth-order valence-corrected chi connectivity index (χ4v) is 3.07. The van der Waals surface area contributed by atoms with Gasteiger partial charge in [-0.3, -0.25) is 9.71 Å². The Balaban J connectivity index is 2.38. The van der Waals surface area contributed by atoms with E-state index in [1.807, 2.05) is 0 Å². The predicted molar refractivity (Wildman–Crippen MR) is 75.4 cm³/mol. The van der Waals surface area contributed by atoms with Gasteiger partial charge in [0.1, 0.15) is 0 Å². The Morgan fingerprint density at radius 1 is 1.16 bits per heavy atom. The molecule has 0 bridgehead atoms. The second kappa shape index (κ2) is 4.89. The lowest BCUT2D eigenvalue weighted by atomic mass is 10.2. The number of nitrogen functional groups attached to an aromatic ring is 1. The highest BCUT2D eigenvalue weighted by Gasteiger charge is 2.16. The number of hydrogen-bond acceptors (Lipinski definition) is 4. The Morgan fingerprint density at radius 3 is 2.53 bits per heavy atom. The van der Waals surface area contributed by atoms with Gasteiger partial charge in [0.05, 0.1) is 10.6 Å². The molecule has 0 saturated carbocycles. The fourth-order valence-electron chi connectivity index (χ4n) is 1.79. The third kappa shape index (κ3) is 3.03. The van der Waals surface area contributed by atoms with Crippen molar-refractivity contribution in [1.29, 1.82) is 0 Å². The van der Waals surface area contributed by atoms with E-state index in [0.717, 1.165) is 5.69 Å². The van der Waals surface area contributed by atoms with Gasteiger partial charge in [0, 0.05) is 17.6 Å². The average Bonchev–Trinajstić information content (AvgIpc) is 2.27. The SMILES string of the molecule is Cc1cc(NS(=O)(=O)c2ccc(N)cc2C)ccn1. The number of nitrogens with one attached hydrogen (secondary N) is 1. The van der Waals surface area contributed by atoms with Gasteiger partial charge in [-0.1, -0.05) is 0 Å². The number of pyridine rings is 1. The quantitative estimate of drug-likeness (QED) is 0.841. The second-order valence-corrected chi connectivity index (χ2v) is 5.97. The van der Waals surface area contributed by atoms with Crippen LogP contribution in [0.3, 0.4) is 0 Å². The van der Waals surface area contributed by atoms with Gasteiger partial charge < -0.3 is 5.73 Å². The summed E-state index contributed by atoms with van der Waals surface area (Å²) in [7, 11) is -3.61. The number of rotatable bonds is 3. The molecule has 0 radical (unpaired) electrons. The van der Waals surface area contributed by atoms with Gasteiger partial charge in [-0.25, -0.2) is 8.42 Å². The second-order valence-electron chi connectivity index (χ2n) is 4.32. The van der Waals surface area contributed by atoms with Crippen LogP contribution in [0.15, 0.2) is 41.4 Å². The number of aryl methyl sites for hydroxylation is 2. The van der Waals surface area contributed by atoms with Crippen LogP contribution in [0.4, 0.5) is 11.4 Å². The molecule has 1 heterocycles. The summed E-state index contributed by atoms with van der Waals surface area (Å²) >= 11 is 0. The molecule has 0 fully saturated rings. The van der Waals surface area contributed by atoms with Crippen molar-refractivity contribution in [2.24, 2.45) is 0 Å². The largest absolute Gasteiger partial charge is 0.399 e. The Morgan fingerprint density at radius 2 is 1.89 bits per heavy atom. The first kappa shape index (κ1) is 13.4. The topological polar surface area (TPSA) is 85.1 Å². The number of nitrogens with zero attached hydrogens (tertiary/aromatic N) is 1. The molecule has 6 heteroatoms. The molecule has 19 heavy (non-hydrogen) atoms. The van der Waals surface area contributed by atoms with Crippen molar-refractivity contribution in [1.82, 2.24) is 4.98 Å². The normalized spacial score (nSPS) is 11.3. The zero-order chi connectivity index (χ0) is 14.0. The van der Waals surface area contributed by atoms with Crippen LogP contribution in [0.5, 0.6) is 0 Å². The van der Waals surface area contributed by atoms with E-state index in [1.165, 1.54) is 6.07 Å². The Hall–Kier alpha value is -2.08. The summed E-state index contributed by atoms with van der Waals surface area (Å²) in [6.45, 7) is 3.51. The van der Waals surface area contributed by atoms with E-state index >= 15 is 0 Å². The standard InChI is InChI=1S/C13H15N3O2S/c1-9-7-11(14)3-4-13(9)19(17,18)16-12-5-6-15-10(2)8-12/h3-8H,14H2,1-2H3,(H,15,16). The summed E-state index contributed by atoms with van der Waals surface area (Å²) in [6, 6.07) is 7.98. The lowest BCUT2D eigenvalue weighted by Crippen LogP contribution is -2.14. The van der Waals surface area contributed by atoms with Crippen LogP contribution < -0.4 is 10.5 Å². The molecule has 0 saturated heterocycles. The van der Waals surface area contributed by atoms with E-state index in [4.69, 9.17) is 5.73 Å². The van der Waals surface area contributed by atoms with Crippen LogP contribution in [-0.2, 0) is 10.0 Å². The van der Waals surface area contributed by atoms with Crippen molar-refractivity contribution >= 4 is 21.4 Å². The lowest BCUT2D eigenvalue weighted by molar-refractivity contribution is 0.600. The van der Waals surface area contributed by atoms with E-state index in [9.17, 15) is 8.42 Å². The minimum atomic E-state index is -3.61. The van der Waals surface area contributed by atoms with Crippen molar-refractivity contribution in [3.8, 4) is 0 Å². The van der Waals surface area contributed by atoms with Crippen LogP contribution in [0.2, 0.25) is 0 Å². The monoisotopic (exact) mass is 277 g/mol. The average molecular weight is 277 g/mol. The molecule has 0 amide bonds. The van der Waals surface area contributed by atoms with Gasteiger partial charge in [0.15, 0.2) is 0 Å². The number of hydrogen-bond donors (Lipinski definition) is 2. The molecule has 2 aromatic rings. The summed E-state index contributed by atoms with van der Waals surface area (Å²) < 4.78 is 27.1. The van der Waals surface area contributed by atoms with Crippen molar-refractivity contribution in [2.45, 2.75) is 18.7 Å². The lowest BCUT2D eigenvalue weighted by Gasteiger charge is -2.11. The van der Waals surface area contributed by atoms with Crippen LogP contribution in [0.25, 0.3) is 0 Å². The van der Waals surface area contributed by atoms with Crippen molar-refractivity contribution in [3.63, 3.8) is 0 Å². The maximum atomic E-state index is 12.3. The number of aromatic nitrogens is 1. The highest BCUT2D eigenvalue weighted by Crippen LogP contribution is 2.21. The van der Waals surface area contributed by atoms with Crippen molar-refractivity contribution in [2.75, 3.05) is 10.5 Å². The number of anilines is 2. The van der Waals surface area contributed by atoms with Gasteiger partial charge >= 0.3 is 0 Å². The van der Waals surface area contributed by atoms with E-state index in [1.54, 1.807) is 44.3 Å². The predicted octanol–water partition coefficient (Wildman–Crippen LogP) is 2.08. The molecule has 0 aliphatic rings. The zero-order valence-electron chi connectivity index (χ0n) is 10.7. The Kier molecular flexibility index (Phi) is 3.44. The van der Waals surface area contributed by atoms with Crippen molar-refractivity contribution in [3.05, 3.63) is 47.8 Å². The molecular weight excluding hydrogens is 262 g/mol. The third-order valence-corrected chi connectivity index (χ3v) is 4.18. The highest BCUT2D eigenvalue weighted by molar-refractivity contribution is 7.92. The molecule has 1 aromatic carbocycles. The molecule has 5 nitrogen and oxygen atoms in total. The van der Waals surface area contributed by atoms with E-state index in [2.05, 4.69) is 9.71 Å². The molecule has 0 aliphatic heterocycles. The van der Waals surface area contributed by atoms with Crippen LogP contribution in [-0.4, -0.2) is 13.4 Å².